The summed E-state index contributed by atoms with van der Waals surface area (Å²) in [6.45, 7) is 3.00. The van der Waals surface area contributed by atoms with Crippen LogP contribution in [0, 0.1) is 5.92 Å². The number of amides is 1. The van der Waals surface area contributed by atoms with E-state index in [-0.39, 0.29) is 11.8 Å². The fourth-order valence-electron chi connectivity index (χ4n) is 3.61. The van der Waals surface area contributed by atoms with Gasteiger partial charge in [-0.15, -0.1) is 11.3 Å². The number of fused-ring (bicyclic) bond motifs is 1. The molecule has 27 heavy (non-hydrogen) atoms. The lowest BCUT2D eigenvalue weighted by molar-refractivity contribution is 0.0759. The molecular formula is C21H23N3O2S. The van der Waals surface area contributed by atoms with Crippen LogP contribution in [0.5, 0.6) is 0 Å². The Labute approximate surface area is 162 Å². The summed E-state index contributed by atoms with van der Waals surface area (Å²) in [5, 5.41) is 14.4. The Morgan fingerprint density at radius 2 is 2.07 bits per heavy atom. The molecule has 1 aliphatic heterocycles. The summed E-state index contributed by atoms with van der Waals surface area (Å²) in [7, 11) is 0. The highest BCUT2D eigenvalue weighted by Gasteiger charge is 2.35. The highest BCUT2D eigenvalue weighted by atomic mass is 32.1. The molecule has 2 aromatic heterocycles. The second kappa shape index (κ2) is 7.74. The topological polar surface area (TPSA) is 66.3 Å². The number of benzene rings is 1. The van der Waals surface area contributed by atoms with Crippen molar-refractivity contribution in [2.75, 3.05) is 13.1 Å². The van der Waals surface area contributed by atoms with Crippen LogP contribution in [0.15, 0.2) is 41.8 Å². The Morgan fingerprint density at radius 1 is 1.22 bits per heavy atom. The van der Waals surface area contributed by atoms with Crippen molar-refractivity contribution in [2.24, 2.45) is 5.92 Å². The first-order valence-corrected chi connectivity index (χ1v) is 10.3. The number of pyridine rings is 1. The van der Waals surface area contributed by atoms with Crippen LogP contribution in [0.3, 0.4) is 0 Å². The molecule has 0 saturated carbocycles. The third kappa shape index (κ3) is 3.87. The summed E-state index contributed by atoms with van der Waals surface area (Å²) in [6, 6.07) is 12.1. The summed E-state index contributed by atoms with van der Waals surface area (Å²) in [4.78, 5) is 23.6. The smallest absolute Gasteiger partial charge is 0.273 e. The van der Waals surface area contributed by atoms with Crippen LogP contribution >= 0.6 is 11.3 Å². The number of rotatable bonds is 5. The highest BCUT2D eigenvalue weighted by Crippen LogP contribution is 2.24. The molecule has 1 fully saturated rings. The van der Waals surface area contributed by atoms with Gasteiger partial charge in [-0.3, -0.25) is 9.78 Å². The number of β-amino-alcohol motifs (C(OH)–C–C–N with tert-alkyl or cyclic N) is 1. The number of carbonyl (C=O) groups excluding carboxylic acids is 1. The van der Waals surface area contributed by atoms with Crippen molar-refractivity contribution in [2.45, 2.75) is 32.3 Å². The first kappa shape index (κ1) is 18.1. The van der Waals surface area contributed by atoms with Gasteiger partial charge in [0.25, 0.3) is 5.91 Å². The molecule has 0 spiro atoms. The number of aryl methyl sites for hydroxylation is 1. The number of nitrogens with zero attached hydrogens (tertiary/aromatic N) is 3. The van der Waals surface area contributed by atoms with Crippen LogP contribution in [-0.2, 0) is 12.8 Å². The Kier molecular flexibility index (Phi) is 5.18. The molecule has 0 aliphatic carbocycles. The standard InChI is InChI=1S/C21H23N3O2S/c1-2-5-20-23-18(13-27-20)21(26)24-11-15(19(25)12-24)10-16-9-8-14-6-3-4-7-17(14)22-16/h3-4,6-9,13,15,19,25H,2,5,10-12H2,1H3/t15-,19-/m1/s1. The molecule has 140 valence electrons. The SMILES string of the molecule is CCCc1nc(C(=O)N2C[C@@H](Cc3ccc4ccccc4n3)[C@H](O)C2)cs1. The largest absolute Gasteiger partial charge is 0.391 e. The summed E-state index contributed by atoms with van der Waals surface area (Å²) >= 11 is 1.54. The number of para-hydroxylation sites is 1. The molecule has 1 aromatic carbocycles. The van der Waals surface area contributed by atoms with Crippen molar-refractivity contribution < 1.29 is 9.90 Å². The van der Waals surface area contributed by atoms with Crippen LogP contribution in [0.1, 0.15) is 34.5 Å². The van der Waals surface area contributed by atoms with E-state index in [1.807, 2.05) is 35.7 Å². The normalized spacial score (nSPS) is 19.7. The van der Waals surface area contributed by atoms with E-state index in [1.165, 1.54) is 11.3 Å². The van der Waals surface area contributed by atoms with E-state index in [0.29, 0.717) is 25.2 Å². The van der Waals surface area contributed by atoms with Crippen LogP contribution < -0.4 is 0 Å². The number of hydrogen-bond acceptors (Lipinski definition) is 5. The van der Waals surface area contributed by atoms with Gasteiger partial charge in [0.05, 0.1) is 16.6 Å². The van der Waals surface area contributed by atoms with Crippen molar-refractivity contribution in [3.8, 4) is 0 Å². The third-order valence-corrected chi connectivity index (χ3v) is 5.96. The predicted molar refractivity (Wildman–Crippen MR) is 107 cm³/mol. The van der Waals surface area contributed by atoms with Gasteiger partial charge in [-0.2, -0.15) is 0 Å². The number of carbonyl (C=O) groups is 1. The lowest BCUT2D eigenvalue weighted by Crippen LogP contribution is -2.29. The Hall–Kier alpha value is -2.31. The zero-order valence-electron chi connectivity index (χ0n) is 15.3. The van der Waals surface area contributed by atoms with E-state index in [1.54, 1.807) is 4.90 Å². The lowest BCUT2D eigenvalue weighted by atomic mass is 9.99. The van der Waals surface area contributed by atoms with E-state index in [4.69, 9.17) is 4.98 Å². The number of thiazole rings is 1. The van der Waals surface area contributed by atoms with Gasteiger partial charge in [0.1, 0.15) is 5.69 Å². The summed E-state index contributed by atoms with van der Waals surface area (Å²) in [6.07, 6.45) is 2.05. The predicted octanol–water partition coefficient (Wildman–Crippen LogP) is 3.32. The van der Waals surface area contributed by atoms with Crippen molar-refractivity contribution in [3.63, 3.8) is 0 Å². The van der Waals surface area contributed by atoms with Gasteiger partial charge in [-0.05, 0) is 31.4 Å². The summed E-state index contributed by atoms with van der Waals surface area (Å²) < 4.78 is 0. The molecule has 4 rings (SSSR count). The van der Waals surface area contributed by atoms with Crippen molar-refractivity contribution in [1.29, 1.82) is 0 Å². The average molecular weight is 382 g/mol. The highest BCUT2D eigenvalue weighted by molar-refractivity contribution is 7.09. The molecule has 1 aliphatic rings. The lowest BCUT2D eigenvalue weighted by Gasteiger charge is -2.15. The zero-order chi connectivity index (χ0) is 18.8. The summed E-state index contributed by atoms with van der Waals surface area (Å²) in [5.74, 6) is -0.0852. The monoisotopic (exact) mass is 381 g/mol. The number of aromatic nitrogens is 2. The maximum Gasteiger partial charge on any atom is 0.273 e. The van der Waals surface area contributed by atoms with Crippen LogP contribution in [0.2, 0.25) is 0 Å². The molecule has 0 bridgehead atoms. The van der Waals surface area contributed by atoms with E-state index in [9.17, 15) is 9.90 Å². The fourth-order valence-corrected chi connectivity index (χ4v) is 4.49. The van der Waals surface area contributed by atoms with Gasteiger partial charge < -0.3 is 10.0 Å². The molecule has 1 N–H and O–H groups in total. The molecule has 3 heterocycles. The second-order valence-electron chi connectivity index (χ2n) is 7.11. The fraction of sp³-hybridized carbons (Fsp3) is 0.381. The van der Waals surface area contributed by atoms with E-state index in [2.05, 4.69) is 18.0 Å². The molecule has 2 atom stereocenters. The van der Waals surface area contributed by atoms with Gasteiger partial charge in [0.15, 0.2) is 0 Å². The van der Waals surface area contributed by atoms with Gasteiger partial charge in [0.2, 0.25) is 0 Å². The van der Waals surface area contributed by atoms with Crippen molar-refractivity contribution >= 4 is 28.1 Å². The number of aliphatic hydroxyl groups excluding tert-OH is 1. The van der Waals surface area contributed by atoms with Crippen LogP contribution in [0.4, 0.5) is 0 Å². The number of aliphatic hydroxyl groups is 1. The minimum absolute atomic E-state index is 0.00337. The maximum absolute atomic E-state index is 12.7. The maximum atomic E-state index is 12.7. The molecule has 1 amide bonds. The van der Waals surface area contributed by atoms with Crippen molar-refractivity contribution in [3.05, 3.63) is 58.2 Å². The first-order chi connectivity index (χ1) is 13.1. The molecule has 6 heteroatoms. The average Bonchev–Trinajstić information content (AvgIpc) is 3.29. The first-order valence-electron chi connectivity index (χ1n) is 9.40. The summed E-state index contributed by atoms with van der Waals surface area (Å²) in [5.41, 5.74) is 2.41. The zero-order valence-corrected chi connectivity index (χ0v) is 16.2. The van der Waals surface area contributed by atoms with Gasteiger partial charge in [0, 0.05) is 35.5 Å². The Morgan fingerprint density at radius 3 is 2.93 bits per heavy atom. The molecular weight excluding hydrogens is 358 g/mol. The quantitative estimate of drug-likeness (QED) is 0.736. The Bertz CT molecular complexity index is 955. The van der Waals surface area contributed by atoms with Crippen molar-refractivity contribution in [1.82, 2.24) is 14.9 Å². The van der Waals surface area contributed by atoms with Gasteiger partial charge in [-0.25, -0.2) is 4.98 Å². The second-order valence-corrected chi connectivity index (χ2v) is 8.06. The van der Waals surface area contributed by atoms with E-state index in [0.717, 1.165) is 34.4 Å². The number of hydrogen-bond donors (Lipinski definition) is 1. The van der Waals surface area contributed by atoms with E-state index < -0.39 is 6.10 Å². The molecule has 5 nitrogen and oxygen atoms in total. The number of likely N-dealkylation sites (tertiary alicyclic amines) is 1. The molecule has 0 unspecified atom stereocenters. The van der Waals surface area contributed by atoms with Crippen LogP contribution in [0.25, 0.3) is 10.9 Å². The Balaban J connectivity index is 1.44. The molecule has 3 aromatic rings. The third-order valence-electron chi connectivity index (χ3n) is 5.06. The molecule has 0 radical (unpaired) electrons. The van der Waals surface area contributed by atoms with Gasteiger partial charge >= 0.3 is 0 Å². The minimum Gasteiger partial charge on any atom is -0.391 e. The van der Waals surface area contributed by atoms with E-state index >= 15 is 0 Å². The van der Waals surface area contributed by atoms with Crippen LogP contribution in [-0.4, -0.2) is 45.1 Å². The van der Waals surface area contributed by atoms with Gasteiger partial charge in [-0.1, -0.05) is 31.2 Å². The minimum atomic E-state index is -0.532. The molecule has 1 saturated heterocycles.